The van der Waals surface area contributed by atoms with Gasteiger partial charge in [-0.05, 0) is 67.8 Å². The van der Waals surface area contributed by atoms with Crippen LogP contribution >= 0.6 is 0 Å². The summed E-state index contributed by atoms with van der Waals surface area (Å²) in [7, 11) is -1.42. The van der Waals surface area contributed by atoms with Gasteiger partial charge in [-0.1, -0.05) is 17.7 Å². The molecule has 5 rings (SSSR count). The van der Waals surface area contributed by atoms with Crippen molar-refractivity contribution in [1.29, 1.82) is 0 Å². The molecule has 0 spiro atoms. The number of nitrogens with two attached hydrogens (primary N) is 1. The minimum absolute atomic E-state index is 0.250. The van der Waals surface area contributed by atoms with Crippen LogP contribution in [0.25, 0.3) is 10.9 Å². The topological polar surface area (TPSA) is 129 Å². The van der Waals surface area contributed by atoms with Crippen LogP contribution in [0.5, 0.6) is 0 Å². The Morgan fingerprint density at radius 1 is 1.12 bits per heavy atom. The Bertz CT molecular complexity index is 1130. The molecule has 2 aromatic carbocycles. The Hall–Kier alpha value is -3.01. The maximum atomic E-state index is 11.7. The molecular formula is C23H28N4O4S. The molecule has 32 heavy (non-hydrogen) atoms. The average molecular weight is 457 g/mol. The number of carbonyl (C=O) groups is 2. The van der Waals surface area contributed by atoms with Crippen LogP contribution in [-0.4, -0.2) is 39.8 Å². The number of amides is 1. The second-order valence-corrected chi connectivity index (χ2v) is 8.69. The molecule has 1 saturated heterocycles. The lowest BCUT2D eigenvalue weighted by Crippen LogP contribution is -2.26. The van der Waals surface area contributed by atoms with Crippen molar-refractivity contribution in [3.8, 4) is 0 Å². The summed E-state index contributed by atoms with van der Waals surface area (Å²) >= 11 is 0. The predicted molar refractivity (Wildman–Crippen MR) is 126 cm³/mol. The Labute approximate surface area is 189 Å². The smallest absolute Gasteiger partial charge is 0.290 e. The largest absolute Gasteiger partial charge is 0.483 e. The number of aromatic nitrogens is 1. The lowest BCUT2D eigenvalue weighted by Gasteiger charge is -2.21. The van der Waals surface area contributed by atoms with Gasteiger partial charge in [0.25, 0.3) is 6.47 Å². The van der Waals surface area contributed by atoms with E-state index in [9.17, 15) is 9.00 Å². The number of carboxylic acid groups (broad SMARTS) is 1. The molecule has 8 nitrogen and oxygen atoms in total. The van der Waals surface area contributed by atoms with Crippen molar-refractivity contribution in [2.75, 3.05) is 18.0 Å². The molecule has 0 radical (unpaired) electrons. The van der Waals surface area contributed by atoms with E-state index in [2.05, 4.69) is 28.5 Å². The van der Waals surface area contributed by atoms with Gasteiger partial charge >= 0.3 is 0 Å². The zero-order chi connectivity index (χ0) is 23.1. The summed E-state index contributed by atoms with van der Waals surface area (Å²) in [6, 6.07) is 14.2. The van der Waals surface area contributed by atoms with Crippen LogP contribution in [0.1, 0.15) is 29.5 Å². The van der Waals surface area contributed by atoms with E-state index in [-0.39, 0.29) is 12.4 Å². The average Bonchev–Trinajstić information content (AvgIpc) is 3.40. The summed E-state index contributed by atoms with van der Waals surface area (Å²) in [6.45, 7) is 4.66. The van der Waals surface area contributed by atoms with Crippen LogP contribution in [0.15, 0.2) is 47.5 Å². The lowest BCUT2D eigenvalue weighted by molar-refractivity contribution is -0.123. The molecule has 2 aliphatic rings. The van der Waals surface area contributed by atoms with Gasteiger partial charge in [-0.3, -0.25) is 9.59 Å². The van der Waals surface area contributed by atoms with Gasteiger partial charge in [-0.2, -0.15) is 0 Å². The van der Waals surface area contributed by atoms with E-state index in [1.165, 1.54) is 16.7 Å². The second-order valence-electron chi connectivity index (χ2n) is 7.66. The molecule has 2 aliphatic heterocycles. The Morgan fingerprint density at radius 3 is 2.59 bits per heavy atom. The molecule has 0 bridgehead atoms. The molecule has 170 valence electrons. The van der Waals surface area contributed by atoms with Gasteiger partial charge in [0.1, 0.15) is 16.0 Å². The zero-order valence-corrected chi connectivity index (χ0v) is 18.8. The number of rotatable bonds is 2. The van der Waals surface area contributed by atoms with Crippen molar-refractivity contribution in [3.05, 3.63) is 59.2 Å². The number of nitrogens with one attached hydrogen (secondary N) is 2. The fourth-order valence-electron chi connectivity index (χ4n) is 3.89. The molecule has 9 heteroatoms. The Morgan fingerprint density at radius 2 is 1.91 bits per heavy atom. The van der Waals surface area contributed by atoms with Crippen molar-refractivity contribution in [2.24, 2.45) is 5.14 Å². The van der Waals surface area contributed by atoms with Crippen LogP contribution in [0.3, 0.4) is 0 Å². The first-order chi connectivity index (χ1) is 15.4. The summed E-state index contributed by atoms with van der Waals surface area (Å²) in [5, 5.41) is 17.1. The highest BCUT2D eigenvalue weighted by Crippen LogP contribution is 2.25. The highest BCUT2D eigenvalue weighted by atomic mass is 32.2. The molecule has 1 fully saturated rings. The van der Waals surface area contributed by atoms with Gasteiger partial charge < -0.3 is 20.3 Å². The molecule has 1 atom stereocenters. The summed E-state index contributed by atoms with van der Waals surface area (Å²) in [4.78, 5) is 24.9. The summed E-state index contributed by atoms with van der Waals surface area (Å²) < 4.78 is 11.0. The number of nitrogens with zero attached hydrogens (tertiary/aromatic N) is 1. The fraction of sp³-hybridized carbons (Fsp3) is 0.304. The summed E-state index contributed by atoms with van der Waals surface area (Å²) in [5.41, 5.74) is 6.01. The number of anilines is 1. The van der Waals surface area contributed by atoms with Gasteiger partial charge in [0, 0.05) is 36.1 Å². The lowest BCUT2D eigenvalue weighted by atomic mass is 10.0. The monoisotopic (exact) mass is 456 g/mol. The normalized spacial score (nSPS) is 15.8. The SMILES string of the molecule is Cc1ccc2[nH]c(S(N)=O)cc2c1.O=C1CCCN1c1ccc2c(c1)CCNC2.O=CO. The van der Waals surface area contributed by atoms with Gasteiger partial charge in [-0.15, -0.1) is 0 Å². The van der Waals surface area contributed by atoms with E-state index in [0.717, 1.165) is 49.1 Å². The van der Waals surface area contributed by atoms with E-state index in [0.29, 0.717) is 11.4 Å². The quantitative estimate of drug-likeness (QED) is 0.441. The van der Waals surface area contributed by atoms with Crippen molar-refractivity contribution in [2.45, 2.75) is 37.8 Å². The van der Waals surface area contributed by atoms with Crippen LogP contribution in [-0.2, 0) is 33.5 Å². The van der Waals surface area contributed by atoms with Crippen LogP contribution < -0.4 is 15.4 Å². The molecule has 3 aromatic rings. The maximum Gasteiger partial charge on any atom is 0.290 e. The minimum Gasteiger partial charge on any atom is -0.483 e. The third kappa shape index (κ3) is 5.82. The number of carbonyl (C=O) groups excluding carboxylic acids is 1. The van der Waals surface area contributed by atoms with Crippen molar-refractivity contribution in [1.82, 2.24) is 10.3 Å². The molecule has 1 unspecified atom stereocenters. The molecule has 1 aromatic heterocycles. The number of aryl methyl sites for hydroxylation is 1. The number of fused-ring (bicyclic) bond motifs is 2. The van der Waals surface area contributed by atoms with E-state index in [1.54, 1.807) is 0 Å². The standard InChI is InChI=1S/C13H16N2O.C9H10N2OS.CH2O2/c16-13-2-1-7-15(13)12-4-3-11-9-14-6-5-10(11)8-12;1-6-2-3-8-7(4-6)5-9(11-8)13(10)12;2-1-3/h3-4,8,14H,1-2,5-7,9H2;2-5,11H,10H2,1H3;1H,(H,2,3). The highest BCUT2D eigenvalue weighted by Gasteiger charge is 2.22. The number of H-pyrrole nitrogens is 1. The summed E-state index contributed by atoms with van der Waals surface area (Å²) in [6.07, 6.45) is 2.78. The van der Waals surface area contributed by atoms with E-state index in [1.807, 2.05) is 36.1 Å². The second kappa shape index (κ2) is 11.0. The third-order valence-corrected chi connectivity index (χ3v) is 6.08. The number of hydrogen-bond donors (Lipinski definition) is 4. The van der Waals surface area contributed by atoms with Crippen molar-refractivity contribution >= 4 is 40.0 Å². The Kier molecular flexibility index (Phi) is 8.15. The number of hydrogen-bond acceptors (Lipinski definition) is 4. The van der Waals surface area contributed by atoms with Crippen LogP contribution in [0.4, 0.5) is 5.69 Å². The Balaban J connectivity index is 0.000000164. The maximum absolute atomic E-state index is 11.7. The molecule has 3 heterocycles. The molecule has 1 amide bonds. The number of benzene rings is 2. The first kappa shape index (κ1) is 23.6. The first-order valence-corrected chi connectivity index (χ1v) is 11.6. The first-order valence-electron chi connectivity index (χ1n) is 10.4. The predicted octanol–water partition coefficient (Wildman–Crippen LogP) is 2.62. The highest BCUT2D eigenvalue weighted by molar-refractivity contribution is 7.82. The van der Waals surface area contributed by atoms with Gasteiger partial charge in [0.15, 0.2) is 0 Å². The minimum atomic E-state index is -1.42. The number of aromatic amines is 1. The van der Waals surface area contributed by atoms with E-state index < -0.39 is 11.0 Å². The third-order valence-electron chi connectivity index (χ3n) is 5.43. The molecule has 0 saturated carbocycles. The van der Waals surface area contributed by atoms with E-state index in [4.69, 9.17) is 15.0 Å². The molecule has 5 N–H and O–H groups in total. The van der Waals surface area contributed by atoms with E-state index >= 15 is 0 Å². The van der Waals surface area contributed by atoms with Gasteiger partial charge in [-0.25, -0.2) is 9.35 Å². The van der Waals surface area contributed by atoms with Gasteiger partial charge in [0.05, 0.1) is 0 Å². The van der Waals surface area contributed by atoms with Crippen LogP contribution in [0.2, 0.25) is 0 Å². The van der Waals surface area contributed by atoms with Crippen molar-refractivity contribution < 1.29 is 18.9 Å². The van der Waals surface area contributed by atoms with Crippen LogP contribution in [0, 0.1) is 6.92 Å². The zero-order valence-electron chi connectivity index (χ0n) is 18.0. The summed E-state index contributed by atoms with van der Waals surface area (Å²) in [5.74, 6) is 0.272. The van der Waals surface area contributed by atoms with Gasteiger partial charge in [0.2, 0.25) is 5.91 Å². The molecule has 0 aliphatic carbocycles. The molecular weight excluding hydrogens is 428 g/mol. The fourth-order valence-corrected chi connectivity index (χ4v) is 4.34. The van der Waals surface area contributed by atoms with Crippen molar-refractivity contribution in [3.63, 3.8) is 0 Å².